The Kier molecular flexibility index (Phi) is 3.72. The Hall–Kier alpha value is -1.88. The number of hydrogen-bond donors (Lipinski definition) is 0. The topological polar surface area (TPSA) is 49.2 Å². The summed E-state index contributed by atoms with van der Waals surface area (Å²) in [6.45, 7) is 1.34. The first-order chi connectivity index (χ1) is 8.33. The molecule has 0 amide bonds. The number of benzene rings is 1. The van der Waals surface area contributed by atoms with Crippen LogP contribution in [0, 0.1) is 0 Å². The lowest BCUT2D eigenvalue weighted by atomic mass is 10.2. The largest absolute Gasteiger partial charge is 0.497 e. The van der Waals surface area contributed by atoms with E-state index in [1.807, 2.05) is 30.5 Å². The molecule has 1 aromatic carbocycles. The minimum absolute atomic E-state index is 0.630. The van der Waals surface area contributed by atoms with E-state index < -0.39 is 0 Å². The maximum atomic E-state index is 5.11. The fourth-order valence-electron chi connectivity index (χ4n) is 1.49. The van der Waals surface area contributed by atoms with E-state index in [2.05, 4.69) is 10.3 Å². The van der Waals surface area contributed by atoms with Gasteiger partial charge in [0.2, 0.25) is 0 Å². The Morgan fingerprint density at radius 2 is 1.94 bits per heavy atom. The van der Waals surface area contributed by atoms with Gasteiger partial charge in [-0.3, -0.25) is 0 Å². The predicted molar refractivity (Wildman–Crippen MR) is 63.9 cm³/mol. The fourth-order valence-corrected chi connectivity index (χ4v) is 1.49. The van der Waals surface area contributed by atoms with E-state index >= 15 is 0 Å². The molecule has 0 unspecified atom stereocenters. The summed E-state index contributed by atoms with van der Waals surface area (Å²) < 4.78 is 11.9. The van der Waals surface area contributed by atoms with Crippen molar-refractivity contribution in [2.75, 3.05) is 20.8 Å². The lowest BCUT2D eigenvalue weighted by Gasteiger charge is -2.00. The molecule has 2 rings (SSSR count). The highest BCUT2D eigenvalue weighted by Crippen LogP contribution is 2.19. The minimum atomic E-state index is 0.630. The van der Waals surface area contributed by atoms with Gasteiger partial charge >= 0.3 is 0 Å². The standard InChI is InChI=1S/C12H15N3O2/c1-16-8-7-15-9-12(13-14-15)10-3-5-11(17-2)6-4-10/h3-6,9H,7-8H2,1-2H3. The first kappa shape index (κ1) is 11.6. The van der Waals surface area contributed by atoms with Crippen molar-refractivity contribution in [1.29, 1.82) is 0 Å². The highest BCUT2D eigenvalue weighted by molar-refractivity contribution is 5.58. The second-order valence-corrected chi connectivity index (χ2v) is 3.59. The van der Waals surface area contributed by atoms with Gasteiger partial charge in [0, 0.05) is 12.7 Å². The van der Waals surface area contributed by atoms with Crippen molar-refractivity contribution >= 4 is 0 Å². The maximum absolute atomic E-state index is 5.11. The average Bonchev–Trinajstić information content (AvgIpc) is 2.85. The summed E-state index contributed by atoms with van der Waals surface area (Å²) in [7, 11) is 3.32. The minimum Gasteiger partial charge on any atom is -0.497 e. The van der Waals surface area contributed by atoms with Crippen molar-refractivity contribution < 1.29 is 9.47 Å². The molecule has 0 aliphatic rings. The molecule has 0 N–H and O–H groups in total. The third-order valence-electron chi connectivity index (χ3n) is 2.45. The van der Waals surface area contributed by atoms with Gasteiger partial charge in [-0.15, -0.1) is 5.10 Å². The van der Waals surface area contributed by atoms with Gasteiger partial charge < -0.3 is 9.47 Å². The van der Waals surface area contributed by atoms with E-state index in [0.29, 0.717) is 13.2 Å². The summed E-state index contributed by atoms with van der Waals surface area (Å²) >= 11 is 0. The molecule has 0 fully saturated rings. The molecule has 0 bridgehead atoms. The van der Waals surface area contributed by atoms with Crippen LogP contribution in [0.15, 0.2) is 30.5 Å². The summed E-state index contributed by atoms with van der Waals surface area (Å²) in [4.78, 5) is 0. The van der Waals surface area contributed by atoms with Crippen LogP contribution >= 0.6 is 0 Å². The molecule has 5 heteroatoms. The van der Waals surface area contributed by atoms with Crippen molar-refractivity contribution in [1.82, 2.24) is 15.0 Å². The summed E-state index contributed by atoms with van der Waals surface area (Å²) in [5.41, 5.74) is 1.87. The van der Waals surface area contributed by atoms with Gasteiger partial charge in [0.15, 0.2) is 0 Å². The second kappa shape index (κ2) is 5.45. The lowest BCUT2D eigenvalue weighted by molar-refractivity contribution is 0.183. The van der Waals surface area contributed by atoms with Crippen LogP contribution < -0.4 is 4.74 Å². The second-order valence-electron chi connectivity index (χ2n) is 3.59. The number of nitrogens with zero attached hydrogens (tertiary/aromatic N) is 3. The summed E-state index contributed by atoms with van der Waals surface area (Å²) in [5.74, 6) is 0.834. The van der Waals surface area contributed by atoms with Crippen LogP contribution in [0.4, 0.5) is 0 Å². The van der Waals surface area contributed by atoms with Crippen molar-refractivity contribution in [3.63, 3.8) is 0 Å². The molecule has 0 radical (unpaired) electrons. The van der Waals surface area contributed by atoms with Gasteiger partial charge in [-0.25, -0.2) is 4.68 Å². The van der Waals surface area contributed by atoms with E-state index in [-0.39, 0.29) is 0 Å². The Morgan fingerprint density at radius 1 is 1.18 bits per heavy atom. The van der Waals surface area contributed by atoms with Gasteiger partial charge in [-0.1, -0.05) is 5.21 Å². The van der Waals surface area contributed by atoms with Crippen molar-refractivity contribution in [3.05, 3.63) is 30.5 Å². The monoisotopic (exact) mass is 233 g/mol. The molecule has 0 aliphatic carbocycles. The van der Waals surface area contributed by atoms with E-state index in [9.17, 15) is 0 Å². The van der Waals surface area contributed by atoms with Crippen LogP contribution in [0.5, 0.6) is 5.75 Å². The van der Waals surface area contributed by atoms with Gasteiger partial charge in [-0.05, 0) is 24.3 Å². The van der Waals surface area contributed by atoms with E-state index in [1.165, 1.54) is 0 Å². The molecule has 0 saturated heterocycles. The van der Waals surface area contributed by atoms with Gasteiger partial charge in [-0.2, -0.15) is 0 Å². The highest BCUT2D eigenvalue weighted by atomic mass is 16.5. The van der Waals surface area contributed by atoms with Crippen LogP contribution in [-0.2, 0) is 11.3 Å². The normalized spacial score (nSPS) is 10.5. The molecule has 0 aliphatic heterocycles. The molecular weight excluding hydrogens is 218 g/mol. The molecule has 1 aromatic heterocycles. The van der Waals surface area contributed by atoms with Crippen molar-refractivity contribution in [3.8, 4) is 17.0 Å². The van der Waals surface area contributed by atoms with Crippen molar-refractivity contribution in [2.45, 2.75) is 6.54 Å². The number of hydrogen-bond acceptors (Lipinski definition) is 4. The quantitative estimate of drug-likeness (QED) is 0.787. The number of aromatic nitrogens is 3. The fraction of sp³-hybridized carbons (Fsp3) is 0.333. The summed E-state index contributed by atoms with van der Waals surface area (Å²) in [5, 5.41) is 8.14. The number of ether oxygens (including phenoxy) is 2. The first-order valence-corrected chi connectivity index (χ1v) is 5.37. The molecule has 1 heterocycles. The number of methoxy groups -OCH3 is 2. The molecule has 0 saturated carbocycles. The van der Waals surface area contributed by atoms with Gasteiger partial charge in [0.05, 0.1) is 26.5 Å². The Bertz CT molecular complexity index is 465. The van der Waals surface area contributed by atoms with Gasteiger partial charge in [0.25, 0.3) is 0 Å². The van der Waals surface area contributed by atoms with Crippen LogP contribution in [0.3, 0.4) is 0 Å². The zero-order chi connectivity index (χ0) is 12.1. The molecule has 90 valence electrons. The molecule has 2 aromatic rings. The highest BCUT2D eigenvalue weighted by Gasteiger charge is 2.03. The van der Waals surface area contributed by atoms with Crippen LogP contribution in [0.2, 0.25) is 0 Å². The third kappa shape index (κ3) is 2.82. The Balaban J connectivity index is 2.12. The molecular formula is C12H15N3O2. The smallest absolute Gasteiger partial charge is 0.118 e. The zero-order valence-corrected chi connectivity index (χ0v) is 9.96. The Labute approximate surface area is 100.0 Å². The summed E-state index contributed by atoms with van der Waals surface area (Å²) in [6, 6.07) is 7.74. The summed E-state index contributed by atoms with van der Waals surface area (Å²) in [6.07, 6.45) is 1.90. The van der Waals surface area contributed by atoms with Crippen LogP contribution in [-0.4, -0.2) is 35.8 Å². The van der Waals surface area contributed by atoms with E-state index in [4.69, 9.17) is 9.47 Å². The molecule has 0 atom stereocenters. The zero-order valence-electron chi connectivity index (χ0n) is 9.96. The Morgan fingerprint density at radius 3 is 2.59 bits per heavy atom. The lowest BCUT2D eigenvalue weighted by Crippen LogP contribution is -2.04. The third-order valence-corrected chi connectivity index (χ3v) is 2.45. The predicted octanol–water partition coefficient (Wildman–Crippen LogP) is 1.60. The van der Waals surface area contributed by atoms with Gasteiger partial charge in [0.1, 0.15) is 11.4 Å². The maximum Gasteiger partial charge on any atom is 0.118 e. The van der Waals surface area contributed by atoms with Crippen LogP contribution in [0.1, 0.15) is 0 Å². The molecule has 17 heavy (non-hydrogen) atoms. The SMILES string of the molecule is COCCn1cc(-c2ccc(OC)cc2)nn1. The number of rotatable bonds is 5. The van der Waals surface area contributed by atoms with E-state index in [0.717, 1.165) is 17.0 Å². The average molecular weight is 233 g/mol. The molecule has 0 spiro atoms. The van der Waals surface area contributed by atoms with E-state index in [1.54, 1.807) is 18.9 Å². The van der Waals surface area contributed by atoms with Crippen LogP contribution in [0.25, 0.3) is 11.3 Å². The van der Waals surface area contributed by atoms with Crippen molar-refractivity contribution in [2.24, 2.45) is 0 Å². The molecule has 5 nitrogen and oxygen atoms in total. The first-order valence-electron chi connectivity index (χ1n) is 5.37.